The third-order valence-electron chi connectivity index (χ3n) is 2.58. The maximum Gasteiger partial charge on any atom is 0.111 e. The fraction of sp³-hybridized carbons (Fsp3) is 0.750. The van der Waals surface area contributed by atoms with Crippen LogP contribution in [0.25, 0.3) is 0 Å². The Bertz CT molecular complexity index is 228. The van der Waals surface area contributed by atoms with Gasteiger partial charge in [-0.2, -0.15) is 0 Å². The molecule has 4 atom stereocenters. The second-order valence-corrected chi connectivity index (χ2v) is 3.32. The zero-order valence-electron chi connectivity index (χ0n) is 7.38. The Morgan fingerprint density at radius 2 is 1.77 bits per heavy atom. The van der Waals surface area contributed by atoms with Crippen LogP contribution in [-0.2, 0) is 0 Å². The third-order valence-corrected chi connectivity index (χ3v) is 2.58. The molecule has 0 aliphatic heterocycles. The van der Waals surface area contributed by atoms with E-state index in [1.54, 1.807) is 6.92 Å². The maximum absolute atomic E-state index is 9.41. The summed E-state index contributed by atoms with van der Waals surface area (Å²) in [5.41, 5.74) is 6.38. The van der Waals surface area contributed by atoms with Crippen LogP contribution in [0.3, 0.4) is 0 Å². The lowest BCUT2D eigenvalue weighted by Gasteiger charge is -2.35. The smallest absolute Gasteiger partial charge is 0.111 e. The van der Waals surface area contributed by atoms with E-state index in [1.165, 1.54) is 0 Å². The molecule has 1 aliphatic carbocycles. The van der Waals surface area contributed by atoms with Crippen molar-refractivity contribution in [1.82, 2.24) is 0 Å². The van der Waals surface area contributed by atoms with E-state index in [2.05, 4.69) is 0 Å². The minimum atomic E-state index is -1.32. The van der Waals surface area contributed by atoms with Crippen LogP contribution >= 0.6 is 0 Å². The average molecular weight is 189 g/mol. The zero-order chi connectivity index (χ0) is 10.2. The van der Waals surface area contributed by atoms with Crippen molar-refractivity contribution >= 4 is 0 Å². The highest BCUT2D eigenvalue weighted by atomic mass is 16.4. The van der Waals surface area contributed by atoms with E-state index in [0.717, 1.165) is 0 Å². The Morgan fingerprint density at radius 1 is 1.23 bits per heavy atom. The molecule has 76 valence electrons. The zero-order valence-corrected chi connectivity index (χ0v) is 7.38. The first-order valence-electron chi connectivity index (χ1n) is 4.11. The van der Waals surface area contributed by atoms with E-state index in [9.17, 15) is 15.3 Å². The molecule has 5 heteroatoms. The van der Waals surface area contributed by atoms with Crippen molar-refractivity contribution in [2.75, 3.05) is 6.61 Å². The number of aliphatic hydroxyl groups excluding tert-OH is 4. The van der Waals surface area contributed by atoms with Gasteiger partial charge in [0.05, 0.1) is 12.6 Å². The van der Waals surface area contributed by atoms with Crippen LogP contribution in [-0.4, -0.2) is 51.4 Å². The minimum absolute atomic E-state index is 0.297. The molecule has 0 heterocycles. The van der Waals surface area contributed by atoms with Gasteiger partial charge in [0.1, 0.15) is 18.3 Å². The van der Waals surface area contributed by atoms with E-state index in [1.807, 2.05) is 0 Å². The van der Waals surface area contributed by atoms with Crippen LogP contribution in [0.2, 0.25) is 0 Å². The highest BCUT2D eigenvalue weighted by Gasteiger charge is 2.38. The first-order valence-corrected chi connectivity index (χ1v) is 4.11. The Morgan fingerprint density at radius 3 is 2.23 bits per heavy atom. The van der Waals surface area contributed by atoms with Crippen molar-refractivity contribution in [3.63, 3.8) is 0 Å². The molecule has 1 aliphatic rings. The Labute approximate surface area is 76.1 Å². The van der Waals surface area contributed by atoms with Crippen molar-refractivity contribution < 1.29 is 20.4 Å². The molecule has 4 unspecified atom stereocenters. The Balaban J connectivity index is 3.03. The van der Waals surface area contributed by atoms with Gasteiger partial charge in [-0.3, -0.25) is 0 Å². The van der Waals surface area contributed by atoms with Gasteiger partial charge in [0.15, 0.2) is 0 Å². The number of rotatable bonds is 1. The molecular formula is C8H15NO4. The summed E-state index contributed by atoms with van der Waals surface area (Å²) >= 11 is 0. The van der Waals surface area contributed by atoms with Crippen LogP contribution in [0.4, 0.5) is 0 Å². The molecule has 1 rings (SSSR count). The minimum Gasteiger partial charge on any atom is -0.392 e. The molecule has 0 radical (unpaired) electrons. The predicted octanol–water partition coefficient (Wildman–Crippen LogP) is -2.28. The summed E-state index contributed by atoms with van der Waals surface area (Å²) < 4.78 is 0. The molecule has 0 fully saturated rings. The highest BCUT2D eigenvalue weighted by molar-refractivity contribution is 5.28. The van der Waals surface area contributed by atoms with E-state index in [0.29, 0.717) is 11.1 Å². The summed E-state index contributed by atoms with van der Waals surface area (Å²) in [5.74, 6) is 0. The molecule has 0 aromatic rings. The number of aliphatic hydroxyl groups is 4. The second-order valence-electron chi connectivity index (χ2n) is 3.32. The van der Waals surface area contributed by atoms with Gasteiger partial charge in [0.25, 0.3) is 0 Å². The molecule has 0 amide bonds. The second kappa shape index (κ2) is 3.73. The van der Waals surface area contributed by atoms with Gasteiger partial charge in [-0.25, -0.2) is 0 Å². The molecule has 0 spiro atoms. The summed E-state index contributed by atoms with van der Waals surface area (Å²) in [7, 11) is 0. The van der Waals surface area contributed by atoms with Gasteiger partial charge in [-0.15, -0.1) is 0 Å². The maximum atomic E-state index is 9.41. The van der Waals surface area contributed by atoms with Gasteiger partial charge < -0.3 is 26.2 Å². The molecular weight excluding hydrogens is 174 g/mol. The van der Waals surface area contributed by atoms with Crippen molar-refractivity contribution in [3.05, 3.63) is 11.1 Å². The third kappa shape index (κ3) is 1.61. The molecule has 0 bridgehead atoms. The van der Waals surface area contributed by atoms with Gasteiger partial charge in [0, 0.05) is 0 Å². The van der Waals surface area contributed by atoms with Crippen LogP contribution < -0.4 is 5.73 Å². The number of hydrogen-bond donors (Lipinski definition) is 5. The van der Waals surface area contributed by atoms with Gasteiger partial charge >= 0.3 is 0 Å². The van der Waals surface area contributed by atoms with Gasteiger partial charge in [-0.05, 0) is 18.1 Å². The van der Waals surface area contributed by atoms with Gasteiger partial charge in [-0.1, -0.05) is 0 Å². The van der Waals surface area contributed by atoms with Crippen molar-refractivity contribution in [2.45, 2.75) is 31.3 Å². The van der Waals surface area contributed by atoms with E-state index in [4.69, 9.17) is 10.8 Å². The first kappa shape index (κ1) is 10.6. The fourth-order valence-electron chi connectivity index (χ4n) is 1.53. The monoisotopic (exact) mass is 189 g/mol. The molecule has 5 nitrogen and oxygen atoms in total. The molecule has 0 aromatic carbocycles. The van der Waals surface area contributed by atoms with Crippen LogP contribution in [0.5, 0.6) is 0 Å². The Kier molecular flexibility index (Phi) is 3.05. The molecule has 13 heavy (non-hydrogen) atoms. The molecule has 6 N–H and O–H groups in total. The molecule has 0 aromatic heterocycles. The SMILES string of the molecule is CC1=C(CO)C(O)C(O)C(O)C1N. The molecule has 0 saturated heterocycles. The van der Waals surface area contributed by atoms with Crippen LogP contribution in [0.1, 0.15) is 6.92 Å². The summed E-state index contributed by atoms with van der Waals surface area (Å²) in [6.07, 6.45) is -3.72. The van der Waals surface area contributed by atoms with E-state index < -0.39 is 24.4 Å². The standard InChI is InChI=1S/C8H15NO4/c1-3-4(2-10)6(11)8(13)7(12)5(3)9/h5-8,10-13H,2,9H2,1H3. The summed E-state index contributed by atoms with van der Waals surface area (Å²) in [4.78, 5) is 0. The summed E-state index contributed by atoms with van der Waals surface area (Å²) in [5, 5.41) is 37.0. The van der Waals surface area contributed by atoms with Gasteiger partial charge in [0.2, 0.25) is 0 Å². The first-order chi connectivity index (χ1) is 6.00. The van der Waals surface area contributed by atoms with Crippen molar-refractivity contribution in [3.8, 4) is 0 Å². The van der Waals surface area contributed by atoms with Crippen LogP contribution in [0.15, 0.2) is 11.1 Å². The highest BCUT2D eigenvalue weighted by Crippen LogP contribution is 2.24. The average Bonchev–Trinajstić information content (AvgIpc) is 2.13. The summed E-state index contributed by atoms with van der Waals surface area (Å²) in [6.45, 7) is 1.26. The lowest BCUT2D eigenvalue weighted by Crippen LogP contribution is -2.54. The van der Waals surface area contributed by atoms with Crippen molar-refractivity contribution in [2.24, 2.45) is 5.73 Å². The lowest BCUT2D eigenvalue weighted by atomic mass is 9.83. The fourth-order valence-corrected chi connectivity index (χ4v) is 1.53. The molecule has 0 saturated carbocycles. The number of nitrogens with two attached hydrogens (primary N) is 1. The van der Waals surface area contributed by atoms with E-state index >= 15 is 0 Å². The topological polar surface area (TPSA) is 107 Å². The normalized spacial score (nSPS) is 41.1. The van der Waals surface area contributed by atoms with E-state index in [-0.39, 0.29) is 6.61 Å². The summed E-state index contributed by atoms with van der Waals surface area (Å²) in [6, 6.07) is -0.722. The Hall–Kier alpha value is -0.460. The predicted molar refractivity (Wildman–Crippen MR) is 45.8 cm³/mol. The largest absolute Gasteiger partial charge is 0.392 e. The quantitative estimate of drug-likeness (QED) is 0.299. The van der Waals surface area contributed by atoms with Crippen LogP contribution in [0, 0.1) is 0 Å². The van der Waals surface area contributed by atoms with Crippen molar-refractivity contribution in [1.29, 1.82) is 0 Å². The lowest BCUT2D eigenvalue weighted by molar-refractivity contribution is -0.0622. The number of hydrogen-bond acceptors (Lipinski definition) is 5.